The summed E-state index contributed by atoms with van der Waals surface area (Å²) < 4.78 is 16.7. The van der Waals surface area contributed by atoms with Gasteiger partial charge in [0.05, 0.1) is 13.0 Å². The van der Waals surface area contributed by atoms with Gasteiger partial charge in [0.1, 0.15) is 12.4 Å². The second kappa shape index (κ2) is 8.86. The fourth-order valence-corrected chi connectivity index (χ4v) is 2.74. The van der Waals surface area contributed by atoms with Crippen LogP contribution in [0.2, 0.25) is 0 Å². The normalized spacial score (nSPS) is 15.3. The van der Waals surface area contributed by atoms with Crippen molar-refractivity contribution in [2.45, 2.75) is 38.7 Å². The maximum Gasteiger partial charge on any atom is 0.283 e. The Morgan fingerprint density at radius 3 is 2.41 bits per heavy atom. The molecule has 2 N–H and O–H groups in total. The predicted octanol–water partition coefficient (Wildman–Crippen LogP) is 2.74. The minimum absolute atomic E-state index is 0.0752. The van der Waals surface area contributed by atoms with Crippen molar-refractivity contribution in [3.63, 3.8) is 0 Å². The van der Waals surface area contributed by atoms with Crippen LogP contribution in [0.3, 0.4) is 0 Å². The third-order valence-electron chi connectivity index (χ3n) is 4.44. The van der Waals surface area contributed by atoms with E-state index in [1.807, 2.05) is 30.3 Å². The molecule has 0 aromatic heterocycles. The van der Waals surface area contributed by atoms with E-state index >= 15 is 0 Å². The Labute approximate surface area is 170 Å². The van der Waals surface area contributed by atoms with Crippen LogP contribution in [0.15, 0.2) is 48.5 Å². The van der Waals surface area contributed by atoms with Gasteiger partial charge >= 0.3 is 0 Å². The first kappa shape index (κ1) is 20.5. The van der Waals surface area contributed by atoms with E-state index in [2.05, 4.69) is 31.6 Å². The van der Waals surface area contributed by atoms with Crippen LogP contribution in [0.5, 0.6) is 17.2 Å². The summed E-state index contributed by atoms with van der Waals surface area (Å²) in [6.45, 7) is 6.71. The van der Waals surface area contributed by atoms with E-state index in [-0.39, 0.29) is 31.0 Å². The first-order chi connectivity index (χ1) is 13.8. The molecule has 0 aliphatic carbocycles. The van der Waals surface area contributed by atoms with E-state index in [0.717, 1.165) is 0 Å². The van der Waals surface area contributed by atoms with Crippen molar-refractivity contribution in [2.24, 2.45) is 0 Å². The number of hydrazine groups is 1. The van der Waals surface area contributed by atoms with E-state index in [0.29, 0.717) is 17.2 Å². The number of fused-ring (bicyclic) bond motifs is 1. The van der Waals surface area contributed by atoms with Gasteiger partial charge in [-0.3, -0.25) is 20.4 Å². The van der Waals surface area contributed by atoms with Gasteiger partial charge < -0.3 is 14.2 Å². The molecule has 2 aromatic carbocycles. The second-order valence-electron chi connectivity index (χ2n) is 7.77. The SMILES string of the molecule is CC(C)(C)c1ccc(OCCC(=O)NNC(=O)[C@@H]2COc3ccccc3O2)cc1. The van der Waals surface area contributed by atoms with Gasteiger partial charge in [0.25, 0.3) is 5.91 Å². The number of carbonyl (C=O) groups is 2. The zero-order valence-corrected chi connectivity index (χ0v) is 16.9. The molecule has 0 saturated carbocycles. The van der Waals surface area contributed by atoms with Crippen molar-refractivity contribution in [1.82, 2.24) is 10.9 Å². The van der Waals surface area contributed by atoms with Gasteiger partial charge in [-0.05, 0) is 35.2 Å². The molecule has 1 atom stereocenters. The molecule has 2 aromatic rings. The fraction of sp³-hybridized carbons (Fsp3) is 0.364. The topological polar surface area (TPSA) is 85.9 Å². The Morgan fingerprint density at radius 2 is 1.72 bits per heavy atom. The van der Waals surface area contributed by atoms with E-state index in [1.165, 1.54) is 5.56 Å². The molecule has 0 fully saturated rings. The van der Waals surface area contributed by atoms with E-state index in [9.17, 15) is 9.59 Å². The summed E-state index contributed by atoms with van der Waals surface area (Å²) in [6.07, 6.45) is -0.727. The summed E-state index contributed by atoms with van der Waals surface area (Å²) in [5.41, 5.74) is 6.01. The lowest BCUT2D eigenvalue weighted by molar-refractivity contribution is -0.135. The molecular weight excluding hydrogens is 372 g/mol. The Morgan fingerprint density at radius 1 is 1.03 bits per heavy atom. The second-order valence-corrected chi connectivity index (χ2v) is 7.77. The number of nitrogens with one attached hydrogen (secondary N) is 2. The van der Waals surface area contributed by atoms with Crippen LogP contribution in [0.4, 0.5) is 0 Å². The quantitative estimate of drug-likeness (QED) is 0.757. The molecule has 1 aliphatic heterocycles. The number of benzene rings is 2. The first-order valence-corrected chi connectivity index (χ1v) is 9.53. The lowest BCUT2D eigenvalue weighted by atomic mass is 9.87. The molecule has 3 rings (SSSR count). The summed E-state index contributed by atoms with van der Waals surface area (Å²) in [5, 5.41) is 0. The Kier molecular flexibility index (Phi) is 6.26. The molecular formula is C22H26N2O5. The van der Waals surface area contributed by atoms with Crippen LogP contribution < -0.4 is 25.1 Å². The molecule has 7 nitrogen and oxygen atoms in total. The molecule has 29 heavy (non-hydrogen) atoms. The minimum Gasteiger partial charge on any atom is -0.493 e. The fourth-order valence-electron chi connectivity index (χ4n) is 2.74. The van der Waals surface area contributed by atoms with Gasteiger partial charge in [-0.25, -0.2) is 0 Å². The number of hydrogen-bond acceptors (Lipinski definition) is 5. The highest BCUT2D eigenvalue weighted by molar-refractivity contribution is 5.85. The summed E-state index contributed by atoms with van der Waals surface area (Å²) >= 11 is 0. The van der Waals surface area contributed by atoms with Crippen LogP contribution >= 0.6 is 0 Å². The monoisotopic (exact) mass is 398 g/mol. The summed E-state index contributed by atoms with van der Waals surface area (Å²) in [6, 6.07) is 14.9. The highest BCUT2D eigenvalue weighted by Gasteiger charge is 2.27. The average molecular weight is 398 g/mol. The van der Waals surface area contributed by atoms with Crippen LogP contribution in [-0.2, 0) is 15.0 Å². The maximum atomic E-state index is 12.2. The van der Waals surface area contributed by atoms with E-state index in [1.54, 1.807) is 18.2 Å². The van der Waals surface area contributed by atoms with Gasteiger partial charge in [-0.15, -0.1) is 0 Å². The standard InChI is InChI=1S/C22H26N2O5/c1-22(2,3)15-8-10-16(11-9-15)27-13-12-20(25)23-24-21(26)19-14-28-17-6-4-5-7-18(17)29-19/h4-11,19H,12-14H2,1-3H3,(H,23,25)(H,24,26)/t19-/m0/s1. The largest absolute Gasteiger partial charge is 0.493 e. The van der Waals surface area contributed by atoms with Crippen molar-refractivity contribution in [3.05, 3.63) is 54.1 Å². The number of ether oxygens (including phenoxy) is 3. The molecule has 7 heteroatoms. The number of hydrogen-bond donors (Lipinski definition) is 2. The smallest absolute Gasteiger partial charge is 0.283 e. The summed E-state index contributed by atoms with van der Waals surface area (Å²) in [7, 11) is 0. The van der Waals surface area contributed by atoms with Crippen molar-refractivity contribution in [3.8, 4) is 17.2 Å². The molecule has 0 unspecified atom stereocenters. The molecule has 2 amide bonds. The highest BCUT2D eigenvalue weighted by atomic mass is 16.6. The van der Waals surface area contributed by atoms with Gasteiger partial charge in [0.15, 0.2) is 11.5 Å². The number of amides is 2. The van der Waals surface area contributed by atoms with Crippen LogP contribution in [-0.4, -0.2) is 31.1 Å². The van der Waals surface area contributed by atoms with Gasteiger partial charge in [0, 0.05) is 0 Å². The highest BCUT2D eigenvalue weighted by Crippen LogP contribution is 2.30. The van der Waals surface area contributed by atoms with Gasteiger partial charge in [-0.1, -0.05) is 45.0 Å². The minimum atomic E-state index is -0.831. The zero-order chi connectivity index (χ0) is 20.9. The zero-order valence-electron chi connectivity index (χ0n) is 16.9. The number of rotatable bonds is 5. The molecule has 0 radical (unpaired) electrons. The van der Waals surface area contributed by atoms with Crippen LogP contribution in [0.1, 0.15) is 32.8 Å². The van der Waals surface area contributed by atoms with Crippen LogP contribution in [0.25, 0.3) is 0 Å². The summed E-state index contributed by atoms with van der Waals surface area (Å²) in [5.74, 6) is 0.943. The van der Waals surface area contributed by atoms with Crippen molar-refractivity contribution in [1.29, 1.82) is 0 Å². The third kappa shape index (κ3) is 5.63. The van der Waals surface area contributed by atoms with Gasteiger partial charge in [0.2, 0.25) is 12.0 Å². The van der Waals surface area contributed by atoms with E-state index < -0.39 is 12.0 Å². The molecule has 1 heterocycles. The molecule has 0 spiro atoms. The molecule has 1 aliphatic rings. The Hall–Kier alpha value is -3.22. The van der Waals surface area contributed by atoms with Crippen molar-refractivity contribution in [2.75, 3.05) is 13.2 Å². The molecule has 0 bridgehead atoms. The number of para-hydroxylation sites is 2. The molecule has 0 saturated heterocycles. The average Bonchev–Trinajstić information content (AvgIpc) is 2.71. The number of carbonyl (C=O) groups excluding carboxylic acids is 2. The maximum absolute atomic E-state index is 12.2. The first-order valence-electron chi connectivity index (χ1n) is 9.53. The van der Waals surface area contributed by atoms with Gasteiger partial charge in [-0.2, -0.15) is 0 Å². The van der Waals surface area contributed by atoms with Crippen LogP contribution in [0, 0.1) is 0 Å². The third-order valence-corrected chi connectivity index (χ3v) is 4.44. The van der Waals surface area contributed by atoms with E-state index in [4.69, 9.17) is 14.2 Å². The van der Waals surface area contributed by atoms with Crippen molar-refractivity contribution >= 4 is 11.8 Å². The Balaban J connectivity index is 1.37. The lowest BCUT2D eigenvalue weighted by Crippen LogP contribution is -2.51. The molecule has 154 valence electrons. The predicted molar refractivity (Wildman–Crippen MR) is 108 cm³/mol. The van der Waals surface area contributed by atoms with Crippen molar-refractivity contribution < 1.29 is 23.8 Å². The lowest BCUT2D eigenvalue weighted by Gasteiger charge is -2.25. The Bertz CT molecular complexity index is 858. The summed E-state index contributed by atoms with van der Waals surface area (Å²) in [4.78, 5) is 24.1.